The molecule has 0 aliphatic carbocycles. The number of hydrogen-bond acceptors (Lipinski definition) is 5. The highest BCUT2D eigenvalue weighted by atomic mass is 16.5. The van der Waals surface area contributed by atoms with Crippen LogP contribution in [0, 0.1) is 6.92 Å². The SMILES string of the molecule is CCC(Nc1ccc(-c2nccc(C)n2)cc1)C(=O)OC. The third kappa shape index (κ3) is 3.78. The zero-order valence-corrected chi connectivity index (χ0v) is 12.5. The van der Waals surface area contributed by atoms with Crippen LogP contribution in [0.2, 0.25) is 0 Å². The summed E-state index contributed by atoms with van der Waals surface area (Å²) in [6.07, 6.45) is 2.41. The van der Waals surface area contributed by atoms with E-state index in [1.165, 1.54) is 7.11 Å². The number of methoxy groups -OCH3 is 1. The average Bonchev–Trinajstić information content (AvgIpc) is 2.52. The van der Waals surface area contributed by atoms with Crippen LogP contribution < -0.4 is 5.32 Å². The first-order chi connectivity index (χ1) is 10.1. The normalized spacial score (nSPS) is 11.8. The number of carbonyl (C=O) groups excluding carboxylic acids is 1. The Morgan fingerprint density at radius 3 is 2.57 bits per heavy atom. The van der Waals surface area contributed by atoms with Gasteiger partial charge >= 0.3 is 5.97 Å². The zero-order chi connectivity index (χ0) is 15.2. The van der Waals surface area contributed by atoms with E-state index in [2.05, 4.69) is 15.3 Å². The monoisotopic (exact) mass is 285 g/mol. The Labute approximate surface area is 124 Å². The van der Waals surface area contributed by atoms with Gasteiger partial charge in [-0.15, -0.1) is 0 Å². The maximum absolute atomic E-state index is 11.6. The van der Waals surface area contributed by atoms with Gasteiger partial charge in [-0.3, -0.25) is 0 Å². The highest BCUT2D eigenvalue weighted by Gasteiger charge is 2.16. The molecule has 0 saturated carbocycles. The topological polar surface area (TPSA) is 64.1 Å². The Bertz CT molecular complexity index is 611. The summed E-state index contributed by atoms with van der Waals surface area (Å²) in [5, 5.41) is 3.15. The number of nitrogens with zero attached hydrogens (tertiary/aromatic N) is 2. The summed E-state index contributed by atoms with van der Waals surface area (Å²) in [7, 11) is 1.39. The summed E-state index contributed by atoms with van der Waals surface area (Å²) in [4.78, 5) is 20.2. The summed E-state index contributed by atoms with van der Waals surface area (Å²) in [5.41, 5.74) is 2.73. The van der Waals surface area contributed by atoms with Gasteiger partial charge in [0.1, 0.15) is 6.04 Å². The molecule has 1 unspecified atom stereocenters. The number of rotatable bonds is 5. The minimum Gasteiger partial charge on any atom is -0.467 e. The molecule has 110 valence electrons. The minimum absolute atomic E-state index is 0.261. The van der Waals surface area contributed by atoms with Crippen molar-refractivity contribution in [1.29, 1.82) is 0 Å². The van der Waals surface area contributed by atoms with Gasteiger partial charge in [-0.1, -0.05) is 6.92 Å². The van der Waals surface area contributed by atoms with Gasteiger partial charge < -0.3 is 10.1 Å². The maximum atomic E-state index is 11.6. The molecule has 5 nitrogen and oxygen atoms in total. The molecule has 1 N–H and O–H groups in total. The molecule has 0 amide bonds. The molecule has 1 aromatic carbocycles. The summed E-state index contributed by atoms with van der Waals surface area (Å²) < 4.78 is 4.76. The van der Waals surface area contributed by atoms with Crippen LogP contribution >= 0.6 is 0 Å². The second-order valence-electron chi connectivity index (χ2n) is 4.73. The Hall–Kier alpha value is -2.43. The van der Waals surface area contributed by atoms with Crippen molar-refractivity contribution in [2.75, 3.05) is 12.4 Å². The van der Waals surface area contributed by atoms with Crippen LogP contribution in [0.5, 0.6) is 0 Å². The standard InChI is InChI=1S/C16H19N3O2/c1-4-14(16(20)21-3)19-13-7-5-12(6-8-13)15-17-10-9-11(2)18-15/h5-10,14,19H,4H2,1-3H3. The zero-order valence-electron chi connectivity index (χ0n) is 12.5. The number of anilines is 1. The van der Waals surface area contributed by atoms with Crippen molar-refractivity contribution in [2.45, 2.75) is 26.3 Å². The molecule has 0 radical (unpaired) electrons. The molecular formula is C16H19N3O2. The van der Waals surface area contributed by atoms with Gasteiger partial charge in [-0.2, -0.15) is 0 Å². The molecule has 2 rings (SSSR count). The van der Waals surface area contributed by atoms with Crippen LogP contribution in [0.25, 0.3) is 11.4 Å². The van der Waals surface area contributed by atoms with E-state index in [9.17, 15) is 4.79 Å². The van der Waals surface area contributed by atoms with Crippen LogP contribution in [0.4, 0.5) is 5.69 Å². The van der Waals surface area contributed by atoms with E-state index in [0.29, 0.717) is 12.2 Å². The van der Waals surface area contributed by atoms with Crippen molar-refractivity contribution in [2.24, 2.45) is 0 Å². The van der Waals surface area contributed by atoms with Gasteiger partial charge in [0, 0.05) is 23.1 Å². The molecule has 2 aromatic rings. The van der Waals surface area contributed by atoms with Crippen molar-refractivity contribution in [3.05, 3.63) is 42.2 Å². The number of benzene rings is 1. The Kier molecular flexibility index (Phi) is 4.87. The molecule has 0 aliphatic heterocycles. The Balaban J connectivity index is 2.13. The average molecular weight is 285 g/mol. The van der Waals surface area contributed by atoms with E-state index in [4.69, 9.17) is 4.74 Å². The number of esters is 1. The summed E-state index contributed by atoms with van der Waals surface area (Å²) in [5.74, 6) is 0.435. The summed E-state index contributed by atoms with van der Waals surface area (Å²) in [6.45, 7) is 3.87. The highest BCUT2D eigenvalue weighted by molar-refractivity contribution is 5.79. The lowest BCUT2D eigenvalue weighted by atomic mass is 10.1. The second kappa shape index (κ2) is 6.83. The fraction of sp³-hybridized carbons (Fsp3) is 0.312. The predicted octanol–water partition coefficient (Wildman–Crippen LogP) is 2.82. The molecule has 0 saturated heterocycles. The van der Waals surface area contributed by atoms with Crippen molar-refractivity contribution in [1.82, 2.24) is 9.97 Å². The quantitative estimate of drug-likeness (QED) is 0.856. The van der Waals surface area contributed by atoms with Crippen LogP contribution in [0.3, 0.4) is 0 Å². The first-order valence-corrected chi connectivity index (χ1v) is 6.88. The van der Waals surface area contributed by atoms with Crippen molar-refractivity contribution in [3.63, 3.8) is 0 Å². The third-order valence-corrected chi connectivity index (χ3v) is 3.17. The van der Waals surface area contributed by atoms with Gasteiger partial charge in [0.05, 0.1) is 7.11 Å². The number of ether oxygens (including phenoxy) is 1. The summed E-state index contributed by atoms with van der Waals surface area (Å²) >= 11 is 0. The summed E-state index contributed by atoms with van der Waals surface area (Å²) in [6, 6.07) is 9.21. The maximum Gasteiger partial charge on any atom is 0.328 e. The Morgan fingerprint density at radius 1 is 1.29 bits per heavy atom. The van der Waals surface area contributed by atoms with Gasteiger partial charge in [-0.05, 0) is 43.7 Å². The van der Waals surface area contributed by atoms with E-state index in [0.717, 1.165) is 16.9 Å². The number of aromatic nitrogens is 2. The van der Waals surface area contributed by atoms with E-state index in [1.54, 1.807) is 6.20 Å². The molecule has 1 atom stereocenters. The molecule has 21 heavy (non-hydrogen) atoms. The lowest BCUT2D eigenvalue weighted by Gasteiger charge is -2.15. The molecular weight excluding hydrogens is 266 g/mol. The van der Waals surface area contributed by atoms with Crippen molar-refractivity contribution >= 4 is 11.7 Å². The fourth-order valence-electron chi connectivity index (χ4n) is 1.97. The second-order valence-corrected chi connectivity index (χ2v) is 4.73. The first-order valence-electron chi connectivity index (χ1n) is 6.88. The molecule has 1 heterocycles. The van der Waals surface area contributed by atoms with Crippen LogP contribution in [-0.2, 0) is 9.53 Å². The van der Waals surface area contributed by atoms with Gasteiger partial charge in [0.25, 0.3) is 0 Å². The Morgan fingerprint density at radius 2 is 2.00 bits per heavy atom. The number of nitrogens with one attached hydrogen (secondary N) is 1. The number of aryl methyl sites for hydroxylation is 1. The van der Waals surface area contributed by atoms with Crippen molar-refractivity contribution < 1.29 is 9.53 Å². The van der Waals surface area contributed by atoms with E-state index in [1.807, 2.05) is 44.2 Å². The van der Waals surface area contributed by atoms with Crippen LogP contribution in [-0.4, -0.2) is 29.1 Å². The smallest absolute Gasteiger partial charge is 0.328 e. The predicted molar refractivity (Wildman–Crippen MR) is 81.9 cm³/mol. The first kappa shape index (κ1) is 15.0. The number of hydrogen-bond donors (Lipinski definition) is 1. The van der Waals surface area contributed by atoms with Gasteiger partial charge in [0.2, 0.25) is 0 Å². The fourth-order valence-corrected chi connectivity index (χ4v) is 1.97. The lowest BCUT2D eigenvalue weighted by Crippen LogP contribution is -2.29. The largest absolute Gasteiger partial charge is 0.467 e. The minimum atomic E-state index is -0.337. The lowest BCUT2D eigenvalue weighted by molar-refractivity contribution is -0.141. The molecule has 1 aromatic heterocycles. The van der Waals surface area contributed by atoms with E-state index < -0.39 is 0 Å². The van der Waals surface area contributed by atoms with Crippen LogP contribution in [0.1, 0.15) is 19.0 Å². The molecule has 0 spiro atoms. The highest BCUT2D eigenvalue weighted by Crippen LogP contribution is 2.19. The van der Waals surface area contributed by atoms with Gasteiger partial charge in [0.15, 0.2) is 5.82 Å². The van der Waals surface area contributed by atoms with Crippen LogP contribution in [0.15, 0.2) is 36.5 Å². The molecule has 5 heteroatoms. The molecule has 0 bridgehead atoms. The molecule has 0 fully saturated rings. The molecule has 0 aliphatic rings. The third-order valence-electron chi connectivity index (χ3n) is 3.17. The van der Waals surface area contributed by atoms with Gasteiger partial charge in [-0.25, -0.2) is 14.8 Å². The number of carbonyl (C=O) groups is 1. The van der Waals surface area contributed by atoms with E-state index in [-0.39, 0.29) is 12.0 Å². The van der Waals surface area contributed by atoms with E-state index >= 15 is 0 Å². The van der Waals surface area contributed by atoms with Crippen molar-refractivity contribution in [3.8, 4) is 11.4 Å².